The van der Waals surface area contributed by atoms with E-state index >= 15 is 0 Å². The van der Waals surface area contributed by atoms with Crippen LogP contribution >= 0.6 is 0 Å². The van der Waals surface area contributed by atoms with E-state index in [1.54, 1.807) is 0 Å². The van der Waals surface area contributed by atoms with Gasteiger partial charge in [0.05, 0.1) is 10.1 Å². The monoisotopic (exact) mass is 557 g/mol. The summed E-state index contributed by atoms with van der Waals surface area (Å²) in [6.07, 6.45) is 30.8. The van der Waals surface area contributed by atoms with Gasteiger partial charge in [0.2, 0.25) is 0 Å². The third-order valence-corrected chi connectivity index (χ3v) is 6.45. The van der Waals surface area contributed by atoms with Gasteiger partial charge in [-0.25, -0.2) is 13.0 Å². The van der Waals surface area contributed by atoms with Gasteiger partial charge in [-0.3, -0.25) is 0 Å². The molecule has 0 spiro atoms. The highest BCUT2D eigenvalue weighted by molar-refractivity contribution is 7.84. The second-order valence-electron chi connectivity index (χ2n) is 10.4. The van der Waals surface area contributed by atoms with Gasteiger partial charge in [-0.15, -0.1) is 0 Å². The molecule has 0 aliphatic heterocycles. The average Bonchev–Trinajstić information content (AvgIpc) is 2.88. The molecule has 0 radical (unpaired) electrons. The number of aromatic nitrogens is 1. The molecule has 0 aromatic carbocycles. The van der Waals surface area contributed by atoms with Gasteiger partial charge in [-0.05, 0) is 19.3 Å². The van der Waals surface area contributed by atoms with Crippen molar-refractivity contribution in [3.63, 3.8) is 0 Å². The zero-order valence-electron chi connectivity index (χ0n) is 24.8. The Balaban J connectivity index is 0.00000249. The molecule has 6 nitrogen and oxygen atoms in total. The van der Waals surface area contributed by atoms with Gasteiger partial charge in [0.25, 0.3) is 0 Å². The molecule has 0 saturated carbocycles. The average molecular weight is 558 g/mol. The van der Waals surface area contributed by atoms with Gasteiger partial charge in [0, 0.05) is 51.2 Å². The number of unbranched alkanes of at least 4 members (excludes halogenated alkanes) is 16. The van der Waals surface area contributed by atoms with Crippen LogP contribution in [-0.2, 0) is 26.1 Å². The van der Waals surface area contributed by atoms with Crippen LogP contribution in [0.25, 0.3) is 0 Å². The van der Waals surface area contributed by atoms with Crippen LogP contribution in [0.5, 0.6) is 0 Å². The highest BCUT2D eigenvalue weighted by atomic mass is 32.2. The Morgan fingerprint density at radius 3 is 1.32 bits per heavy atom. The van der Waals surface area contributed by atoms with Crippen molar-refractivity contribution in [3.8, 4) is 0 Å². The first kappa shape index (κ1) is 37.0. The maximum Gasteiger partial charge on any atom is 0.168 e. The molecule has 0 atom stereocenters. The molecule has 224 valence electrons. The molecular formula is C31H59NO5S. The molecule has 7 heteroatoms. The van der Waals surface area contributed by atoms with E-state index in [4.69, 9.17) is 22.4 Å². The van der Waals surface area contributed by atoms with Crippen molar-refractivity contribution in [2.75, 3.05) is 32.7 Å². The molecule has 1 aromatic heterocycles. The summed E-state index contributed by atoms with van der Waals surface area (Å²) in [5, 5.41) is 0. The Hall–Kier alpha value is -1.02. The van der Waals surface area contributed by atoms with Crippen LogP contribution in [0.4, 0.5) is 0 Å². The zero-order chi connectivity index (χ0) is 28.0. The number of hydrogen-bond acceptors (Lipinski definition) is 5. The van der Waals surface area contributed by atoms with Gasteiger partial charge in [0.1, 0.15) is 6.54 Å². The van der Waals surface area contributed by atoms with E-state index in [-0.39, 0.29) is 0 Å². The largest absolute Gasteiger partial charge is 0.748 e. The fraction of sp³-hybridized carbons (Fsp3) is 0.839. The molecule has 1 aromatic rings. The molecule has 0 aliphatic rings. The predicted molar refractivity (Wildman–Crippen MR) is 157 cm³/mol. The minimum absolute atomic E-state index is 0.604. The first-order chi connectivity index (χ1) is 18.4. The zero-order valence-corrected chi connectivity index (χ0v) is 25.6. The lowest BCUT2D eigenvalue weighted by molar-refractivity contribution is -0.697. The topological polar surface area (TPSA) is 79.5 Å². The van der Waals surface area contributed by atoms with E-state index in [0.29, 0.717) is 6.26 Å². The van der Waals surface area contributed by atoms with Crippen LogP contribution in [0, 0.1) is 0 Å². The Labute approximate surface area is 235 Å². The molecule has 0 aliphatic carbocycles. The Kier molecular flexibility index (Phi) is 28.2. The molecular weight excluding hydrogens is 498 g/mol. The van der Waals surface area contributed by atoms with Gasteiger partial charge in [0.15, 0.2) is 12.4 Å². The molecule has 1 heterocycles. The molecule has 0 amide bonds. The molecule has 0 bridgehead atoms. The summed E-state index contributed by atoms with van der Waals surface area (Å²) in [5.41, 5.74) is 0. The summed E-state index contributed by atoms with van der Waals surface area (Å²) in [5.74, 6) is 0. The van der Waals surface area contributed by atoms with E-state index in [1.807, 2.05) is 0 Å². The van der Waals surface area contributed by atoms with Crippen LogP contribution in [0.15, 0.2) is 30.6 Å². The van der Waals surface area contributed by atoms with Crippen LogP contribution in [0.1, 0.15) is 129 Å². The second kappa shape index (κ2) is 29.0. The maximum absolute atomic E-state index is 9.08. The fourth-order valence-electron chi connectivity index (χ4n) is 4.30. The number of aryl methyl sites for hydroxylation is 1. The fourth-order valence-corrected chi connectivity index (χ4v) is 4.30. The van der Waals surface area contributed by atoms with Crippen LogP contribution < -0.4 is 4.57 Å². The Bertz CT molecular complexity index is 677. The van der Waals surface area contributed by atoms with Crippen molar-refractivity contribution in [3.05, 3.63) is 30.6 Å². The highest BCUT2D eigenvalue weighted by Crippen LogP contribution is 2.13. The van der Waals surface area contributed by atoms with Gasteiger partial charge < -0.3 is 14.0 Å². The molecule has 0 fully saturated rings. The molecule has 0 unspecified atom stereocenters. The summed E-state index contributed by atoms with van der Waals surface area (Å²) in [7, 11) is -3.92. The quantitative estimate of drug-likeness (QED) is 0.0665. The summed E-state index contributed by atoms with van der Waals surface area (Å²) >= 11 is 0. The number of hydrogen-bond donors (Lipinski definition) is 0. The Morgan fingerprint density at radius 1 is 0.553 bits per heavy atom. The van der Waals surface area contributed by atoms with E-state index in [2.05, 4.69) is 42.1 Å². The smallest absolute Gasteiger partial charge is 0.168 e. The standard InChI is InChI=1S/C30H56NO2.CH4O3S/c1-2-3-4-5-6-7-8-9-10-11-12-13-14-15-16-21-27-32-29-23-30-33-28-22-20-26-31-24-18-17-19-25-31;1-5(2,3)4/h17-19,24-25H,2-16,20-23,26-30H2,1H3;1H3,(H,2,3,4)/q+1;/p-1. The van der Waals surface area contributed by atoms with Crippen molar-refractivity contribution < 1.29 is 27.0 Å². The van der Waals surface area contributed by atoms with Crippen molar-refractivity contribution in [1.82, 2.24) is 0 Å². The van der Waals surface area contributed by atoms with Crippen LogP contribution in [0.2, 0.25) is 0 Å². The summed E-state index contributed by atoms with van der Waals surface area (Å²) < 4.78 is 40.9. The number of nitrogens with zero attached hydrogens (tertiary/aromatic N) is 1. The van der Waals surface area contributed by atoms with Crippen LogP contribution in [0.3, 0.4) is 0 Å². The van der Waals surface area contributed by atoms with Crippen molar-refractivity contribution >= 4 is 10.1 Å². The first-order valence-electron chi connectivity index (χ1n) is 15.4. The van der Waals surface area contributed by atoms with Gasteiger partial charge in [-0.1, -0.05) is 109 Å². The SMILES string of the molecule is CCCCCCCCCCCCCCCCCCOCCCOCCCC[n+]1ccccc1.CS(=O)(=O)[O-]. The predicted octanol–water partition coefficient (Wildman–Crippen LogP) is 7.60. The number of rotatable bonds is 26. The normalized spacial score (nSPS) is 11.3. The van der Waals surface area contributed by atoms with Crippen molar-refractivity contribution in [1.29, 1.82) is 0 Å². The van der Waals surface area contributed by atoms with E-state index in [9.17, 15) is 0 Å². The second-order valence-corrected chi connectivity index (χ2v) is 11.8. The lowest BCUT2D eigenvalue weighted by atomic mass is 10.0. The third-order valence-electron chi connectivity index (χ3n) is 6.45. The van der Waals surface area contributed by atoms with Crippen molar-refractivity contribution in [2.45, 2.75) is 135 Å². The molecule has 0 saturated heterocycles. The third kappa shape index (κ3) is 35.0. The minimum atomic E-state index is -3.92. The summed E-state index contributed by atoms with van der Waals surface area (Å²) in [6, 6.07) is 6.22. The van der Waals surface area contributed by atoms with Gasteiger partial charge >= 0.3 is 0 Å². The Morgan fingerprint density at radius 2 is 0.895 bits per heavy atom. The molecule has 1 rings (SSSR count). The lowest BCUT2D eigenvalue weighted by Crippen LogP contribution is -2.32. The van der Waals surface area contributed by atoms with Crippen LogP contribution in [-0.4, -0.2) is 45.7 Å². The first-order valence-corrected chi connectivity index (χ1v) is 17.3. The van der Waals surface area contributed by atoms with E-state index in [1.165, 1.54) is 109 Å². The maximum atomic E-state index is 9.08. The molecule has 38 heavy (non-hydrogen) atoms. The lowest BCUT2D eigenvalue weighted by Gasteiger charge is -2.06. The highest BCUT2D eigenvalue weighted by Gasteiger charge is 1.98. The van der Waals surface area contributed by atoms with E-state index in [0.717, 1.165) is 45.8 Å². The minimum Gasteiger partial charge on any atom is -0.748 e. The van der Waals surface area contributed by atoms with Crippen molar-refractivity contribution in [2.24, 2.45) is 0 Å². The van der Waals surface area contributed by atoms with Gasteiger partial charge in [-0.2, -0.15) is 0 Å². The number of pyridine rings is 1. The van der Waals surface area contributed by atoms with E-state index < -0.39 is 10.1 Å². The number of ether oxygens (including phenoxy) is 2. The molecule has 0 N–H and O–H groups in total. The summed E-state index contributed by atoms with van der Waals surface area (Å²) in [6.45, 7) is 6.84. The summed E-state index contributed by atoms with van der Waals surface area (Å²) in [4.78, 5) is 0.